The average molecular weight is 369 g/mol. The zero-order chi connectivity index (χ0) is 17.6. The molecule has 0 bridgehead atoms. The fourth-order valence-corrected chi connectivity index (χ4v) is 5.45. The van der Waals surface area contributed by atoms with Crippen LogP contribution in [0.3, 0.4) is 0 Å². The molecule has 2 aliphatic heterocycles. The van der Waals surface area contributed by atoms with Crippen LogP contribution in [0.4, 0.5) is 0 Å². The number of carbonyl (C=O) groups is 1. The smallest absolute Gasteiger partial charge is 0.273 e. The van der Waals surface area contributed by atoms with E-state index in [1.807, 2.05) is 0 Å². The first-order valence-electron chi connectivity index (χ1n) is 9.16. The lowest BCUT2D eigenvalue weighted by molar-refractivity contribution is 0.0921. The first-order valence-corrected chi connectivity index (χ1v) is 11.0. The van der Waals surface area contributed by atoms with Crippen molar-refractivity contribution in [1.29, 1.82) is 0 Å². The van der Waals surface area contributed by atoms with Gasteiger partial charge in [-0.25, -0.2) is 0 Å². The van der Waals surface area contributed by atoms with Crippen molar-refractivity contribution in [3.05, 3.63) is 17.5 Å². The second kappa shape index (κ2) is 6.57. The summed E-state index contributed by atoms with van der Waals surface area (Å²) in [4.78, 5) is 14.8. The summed E-state index contributed by atoms with van der Waals surface area (Å²) in [5.74, 6) is 2.49. The molecule has 2 atom stereocenters. The van der Waals surface area contributed by atoms with Crippen LogP contribution in [0, 0.1) is 5.92 Å². The molecule has 3 fully saturated rings. The van der Waals surface area contributed by atoms with E-state index in [1.54, 1.807) is 6.07 Å². The summed E-state index contributed by atoms with van der Waals surface area (Å²) in [5, 5.41) is 7.02. The van der Waals surface area contributed by atoms with Gasteiger partial charge in [0.1, 0.15) is 5.76 Å². The number of aromatic nitrogens is 1. The first-order chi connectivity index (χ1) is 11.9. The minimum atomic E-state index is -2.34. The van der Waals surface area contributed by atoms with Gasteiger partial charge in [-0.15, -0.1) is 0 Å². The standard InChI is InChI=1S/C17H27N3O4S/c1-11-9-20(13-4-6-25(22,23)7-5-13)10-15(11)18-17(21)14-8-16(24-19-14)12-2-3-12/h8,11-13,15,22-23H,2-7,9-10H2,1H3,(H,18,21). The molecule has 3 heterocycles. The van der Waals surface area contributed by atoms with Crippen molar-refractivity contribution in [1.82, 2.24) is 15.4 Å². The van der Waals surface area contributed by atoms with Crippen LogP contribution >= 0.6 is 10.6 Å². The van der Waals surface area contributed by atoms with Gasteiger partial charge in [0.2, 0.25) is 0 Å². The Morgan fingerprint density at radius 1 is 1.28 bits per heavy atom. The van der Waals surface area contributed by atoms with Crippen molar-refractivity contribution >= 4 is 16.5 Å². The molecule has 0 spiro atoms. The number of rotatable bonds is 4. The van der Waals surface area contributed by atoms with Gasteiger partial charge in [0.25, 0.3) is 5.91 Å². The van der Waals surface area contributed by atoms with E-state index in [1.165, 1.54) is 0 Å². The van der Waals surface area contributed by atoms with Crippen LogP contribution in [0.25, 0.3) is 0 Å². The molecule has 3 N–H and O–H groups in total. The number of hydrogen-bond acceptors (Lipinski definition) is 6. The Labute approximate surface area is 149 Å². The molecule has 1 aromatic heterocycles. The Bertz CT molecular complexity index is 636. The van der Waals surface area contributed by atoms with Crippen molar-refractivity contribution in [3.8, 4) is 0 Å². The van der Waals surface area contributed by atoms with E-state index in [4.69, 9.17) is 4.52 Å². The monoisotopic (exact) mass is 369 g/mol. The molecule has 2 saturated heterocycles. The minimum Gasteiger partial charge on any atom is -0.360 e. The van der Waals surface area contributed by atoms with Gasteiger partial charge < -0.3 is 9.84 Å². The number of carbonyl (C=O) groups excluding carboxylic acids is 1. The van der Waals surface area contributed by atoms with E-state index in [2.05, 4.69) is 22.3 Å². The van der Waals surface area contributed by atoms with Gasteiger partial charge in [-0.1, -0.05) is 12.1 Å². The van der Waals surface area contributed by atoms with E-state index >= 15 is 0 Å². The van der Waals surface area contributed by atoms with Gasteiger partial charge >= 0.3 is 0 Å². The molecule has 1 amide bonds. The highest BCUT2D eigenvalue weighted by Gasteiger charge is 2.37. The molecule has 0 aromatic carbocycles. The molecule has 25 heavy (non-hydrogen) atoms. The second-order valence-corrected chi connectivity index (χ2v) is 10.3. The Hall–Kier alpha value is -1.09. The normalized spacial score (nSPS) is 31.8. The molecule has 3 aliphatic rings. The number of hydrogen-bond donors (Lipinski definition) is 3. The van der Waals surface area contributed by atoms with E-state index < -0.39 is 10.6 Å². The predicted molar refractivity (Wildman–Crippen MR) is 96.1 cm³/mol. The van der Waals surface area contributed by atoms with Crippen molar-refractivity contribution in [2.24, 2.45) is 5.92 Å². The summed E-state index contributed by atoms with van der Waals surface area (Å²) in [6, 6.07) is 2.25. The molecule has 2 unspecified atom stereocenters. The van der Waals surface area contributed by atoms with Crippen molar-refractivity contribution in [2.45, 2.75) is 50.6 Å². The number of nitrogens with zero attached hydrogens (tertiary/aromatic N) is 2. The summed E-state index contributed by atoms with van der Waals surface area (Å²) >= 11 is 0. The maximum atomic E-state index is 12.5. The maximum absolute atomic E-state index is 12.5. The maximum Gasteiger partial charge on any atom is 0.273 e. The first kappa shape index (κ1) is 17.3. The van der Waals surface area contributed by atoms with Gasteiger partial charge in [0, 0.05) is 48.7 Å². The van der Waals surface area contributed by atoms with E-state index in [0.29, 0.717) is 35.1 Å². The average Bonchev–Trinajstić information content (AvgIpc) is 3.18. The highest BCUT2D eigenvalue weighted by Crippen LogP contribution is 2.45. The lowest BCUT2D eigenvalue weighted by atomic mass is 10.1. The number of amides is 1. The molecule has 1 aromatic rings. The summed E-state index contributed by atoms with van der Waals surface area (Å²) in [6.45, 7) is 3.89. The van der Waals surface area contributed by atoms with Gasteiger partial charge in [0.05, 0.1) is 0 Å². The van der Waals surface area contributed by atoms with E-state index in [0.717, 1.165) is 44.5 Å². The third kappa shape index (κ3) is 3.86. The minimum absolute atomic E-state index is 0.0934. The van der Waals surface area contributed by atoms with Crippen LogP contribution in [0.1, 0.15) is 54.8 Å². The zero-order valence-electron chi connectivity index (χ0n) is 14.6. The zero-order valence-corrected chi connectivity index (χ0v) is 15.4. The SMILES string of the molecule is CC1CN(C2CCS(O)(O)CC2)CC1NC(=O)c1cc(C2CC2)on1. The Kier molecular flexibility index (Phi) is 4.56. The van der Waals surface area contributed by atoms with E-state index in [9.17, 15) is 13.9 Å². The molecular weight excluding hydrogens is 342 g/mol. The van der Waals surface area contributed by atoms with Crippen LogP contribution < -0.4 is 5.32 Å². The fourth-order valence-electron chi connectivity index (χ4n) is 3.95. The van der Waals surface area contributed by atoms with Crippen LogP contribution in [0.15, 0.2) is 10.6 Å². The quantitative estimate of drug-likeness (QED) is 0.754. The predicted octanol–water partition coefficient (Wildman–Crippen LogP) is 2.52. The van der Waals surface area contributed by atoms with Gasteiger partial charge in [-0.3, -0.25) is 18.8 Å². The molecule has 1 aliphatic carbocycles. The molecular formula is C17H27N3O4S. The van der Waals surface area contributed by atoms with Crippen molar-refractivity contribution in [3.63, 3.8) is 0 Å². The van der Waals surface area contributed by atoms with E-state index in [-0.39, 0.29) is 11.9 Å². The topological polar surface area (TPSA) is 98.8 Å². The summed E-state index contributed by atoms with van der Waals surface area (Å²) in [6.07, 6.45) is 3.89. The number of likely N-dealkylation sites (tertiary alicyclic amines) is 1. The van der Waals surface area contributed by atoms with Crippen LogP contribution in [0.2, 0.25) is 0 Å². The lowest BCUT2D eigenvalue weighted by Crippen LogP contribution is -2.42. The third-order valence-electron chi connectivity index (χ3n) is 5.77. The van der Waals surface area contributed by atoms with Gasteiger partial charge in [-0.2, -0.15) is 10.6 Å². The summed E-state index contributed by atoms with van der Waals surface area (Å²) in [5.41, 5.74) is 0.374. The third-order valence-corrected chi connectivity index (χ3v) is 7.55. The number of nitrogens with one attached hydrogen (secondary N) is 1. The molecule has 1 saturated carbocycles. The molecule has 7 nitrogen and oxygen atoms in total. The van der Waals surface area contributed by atoms with Crippen LogP contribution in [-0.2, 0) is 0 Å². The Morgan fingerprint density at radius 2 is 2.00 bits per heavy atom. The van der Waals surface area contributed by atoms with Crippen molar-refractivity contribution < 1.29 is 18.4 Å². The Morgan fingerprint density at radius 3 is 2.68 bits per heavy atom. The van der Waals surface area contributed by atoms with Gasteiger partial charge in [-0.05, 0) is 31.6 Å². The molecule has 4 rings (SSSR count). The molecule has 8 heteroatoms. The fraction of sp³-hybridized carbons (Fsp3) is 0.765. The molecule has 0 radical (unpaired) electrons. The largest absolute Gasteiger partial charge is 0.360 e. The van der Waals surface area contributed by atoms with Crippen LogP contribution in [-0.4, -0.2) is 61.7 Å². The van der Waals surface area contributed by atoms with Crippen molar-refractivity contribution in [2.75, 3.05) is 24.6 Å². The summed E-state index contributed by atoms with van der Waals surface area (Å²) < 4.78 is 24.8. The highest BCUT2D eigenvalue weighted by molar-refractivity contribution is 8.24. The van der Waals surface area contributed by atoms with Gasteiger partial charge in [0.15, 0.2) is 5.69 Å². The second-order valence-electron chi connectivity index (χ2n) is 7.84. The lowest BCUT2D eigenvalue weighted by Gasteiger charge is -2.42. The summed E-state index contributed by atoms with van der Waals surface area (Å²) in [7, 11) is -2.34. The highest BCUT2D eigenvalue weighted by atomic mass is 32.3. The van der Waals surface area contributed by atoms with Crippen LogP contribution in [0.5, 0.6) is 0 Å². The Balaban J connectivity index is 1.32. The molecule has 140 valence electrons.